The normalized spacial score (nSPS) is 20.0. The lowest BCUT2D eigenvalue weighted by Crippen LogP contribution is -2.30. The second-order valence-electron chi connectivity index (χ2n) is 5.72. The number of urea groups is 1. The van der Waals surface area contributed by atoms with E-state index in [2.05, 4.69) is 43.6 Å². The summed E-state index contributed by atoms with van der Waals surface area (Å²) in [5.74, 6) is 0.610. The van der Waals surface area contributed by atoms with Crippen LogP contribution in [0.4, 0.5) is 9.93 Å². The van der Waals surface area contributed by atoms with Gasteiger partial charge in [0.15, 0.2) is 5.01 Å². The van der Waals surface area contributed by atoms with E-state index in [0.717, 1.165) is 25.1 Å². The van der Waals surface area contributed by atoms with Crippen molar-refractivity contribution in [1.82, 2.24) is 31.3 Å². The summed E-state index contributed by atoms with van der Waals surface area (Å²) in [5, 5.41) is 14.7. The first-order chi connectivity index (χ1) is 11.7. The van der Waals surface area contributed by atoms with Gasteiger partial charge in [-0.2, -0.15) is 0 Å². The molecule has 0 aromatic carbocycles. The molecule has 0 spiro atoms. The fraction of sp³-hybridized carbons (Fsp3) is 0.467. The van der Waals surface area contributed by atoms with Crippen LogP contribution in [-0.4, -0.2) is 40.3 Å². The fourth-order valence-corrected chi connectivity index (χ4v) is 3.29. The lowest BCUT2D eigenvalue weighted by molar-refractivity contribution is 0.251. The van der Waals surface area contributed by atoms with Gasteiger partial charge in [-0.05, 0) is 37.8 Å². The number of pyridine rings is 1. The minimum absolute atomic E-state index is 0.255. The highest BCUT2D eigenvalue weighted by molar-refractivity contribution is 7.18. The van der Waals surface area contributed by atoms with Crippen LogP contribution in [0.1, 0.15) is 19.8 Å². The molecular weight excluding hydrogens is 326 g/mol. The molecule has 2 amide bonds. The van der Waals surface area contributed by atoms with Crippen molar-refractivity contribution < 1.29 is 4.79 Å². The number of amides is 2. The van der Waals surface area contributed by atoms with E-state index in [-0.39, 0.29) is 6.03 Å². The zero-order chi connectivity index (χ0) is 16.8. The average molecular weight is 347 g/mol. The predicted molar refractivity (Wildman–Crippen MR) is 93.5 cm³/mol. The molecule has 2 unspecified atom stereocenters. The molecule has 1 aliphatic heterocycles. The fourth-order valence-electron chi connectivity index (χ4n) is 2.57. The molecule has 9 heteroatoms. The van der Waals surface area contributed by atoms with Crippen LogP contribution in [0, 0.1) is 5.92 Å². The third-order valence-corrected chi connectivity index (χ3v) is 4.83. The minimum atomic E-state index is -0.255. The SMILES string of the molecule is CC1NNCC1CCCNC(=O)Nc1nnc(-c2ccccn2)s1. The van der Waals surface area contributed by atoms with Crippen molar-refractivity contribution in [2.75, 3.05) is 18.4 Å². The predicted octanol–water partition coefficient (Wildman–Crippen LogP) is 1.61. The van der Waals surface area contributed by atoms with E-state index in [1.165, 1.54) is 11.3 Å². The molecule has 0 aliphatic carbocycles. The number of carbonyl (C=O) groups excluding carboxylic acids is 1. The zero-order valence-electron chi connectivity index (χ0n) is 13.5. The van der Waals surface area contributed by atoms with Crippen LogP contribution in [0.5, 0.6) is 0 Å². The summed E-state index contributed by atoms with van der Waals surface area (Å²) in [6.07, 6.45) is 3.72. The van der Waals surface area contributed by atoms with Gasteiger partial charge in [0.2, 0.25) is 5.13 Å². The van der Waals surface area contributed by atoms with E-state index in [1.807, 2.05) is 18.2 Å². The van der Waals surface area contributed by atoms with E-state index in [9.17, 15) is 4.79 Å². The molecule has 0 bridgehead atoms. The third-order valence-electron chi connectivity index (χ3n) is 3.97. The highest BCUT2D eigenvalue weighted by atomic mass is 32.1. The standard InChI is InChI=1S/C15H21N7OS/c1-10-11(9-18-20-10)5-4-8-17-14(23)19-15-22-21-13(24-15)12-6-2-3-7-16-12/h2-3,6-7,10-11,18,20H,4-5,8-9H2,1H3,(H2,17,19,22,23). The van der Waals surface area contributed by atoms with Gasteiger partial charge in [0.1, 0.15) is 5.69 Å². The Kier molecular flexibility index (Phi) is 5.68. The van der Waals surface area contributed by atoms with E-state index in [0.29, 0.717) is 28.6 Å². The summed E-state index contributed by atoms with van der Waals surface area (Å²) in [4.78, 5) is 16.1. The molecular formula is C15H21N7OS. The van der Waals surface area contributed by atoms with E-state index in [4.69, 9.17) is 0 Å². The Hall–Kier alpha value is -2.10. The van der Waals surface area contributed by atoms with Crippen LogP contribution in [0.15, 0.2) is 24.4 Å². The summed E-state index contributed by atoms with van der Waals surface area (Å²) in [6.45, 7) is 3.79. The first-order valence-electron chi connectivity index (χ1n) is 8.00. The smallest absolute Gasteiger partial charge is 0.321 e. The zero-order valence-corrected chi connectivity index (χ0v) is 14.3. The number of rotatable bonds is 6. The average Bonchev–Trinajstić information content (AvgIpc) is 3.22. The summed E-state index contributed by atoms with van der Waals surface area (Å²) in [6, 6.07) is 5.81. The lowest BCUT2D eigenvalue weighted by Gasteiger charge is -2.13. The molecule has 24 heavy (non-hydrogen) atoms. The highest BCUT2D eigenvalue weighted by Crippen LogP contribution is 2.24. The second-order valence-corrected chi connectivity index (χ2v) is 6.70. The van der Waals surface area contributed by atoms with Gasteiger partial charge >= 0.3 is 6.03 Å². The van der Waals surface area contributed by atoms with Crippen molar-refractivity contribution in [2.45, 2.75) is 25.8 Å². The Balaban J connectivity index is 1.40. The molecule has 8 nitrogen and oxygen atoms in total. The molecule has 1 fully saturated rings. The molecule has 1 aliphatic rings. The number of nitrogens with zero attached hydrogens (tertiary/aromatic N) is 3. The second kappa shape index (κ2) is 8.13. The van der Waals surface area contributed by atoms with Crippen LogP contribution in [0.2, 0.25) is 0 Å². The first kappa shape index (κ1) is 16.7. The van der Waals surface area contributed by atoms with Gasteiger partial charge in [0.05, 0.1) is 0 Å². The van der Waals surface area contributed by atoms with Crippen molar-refractivity contribution in [2.24, 2.45) is 5.92 Å². The molecule has 2 aromatic rings. The highest BCUT2D eigenvalue weighted by Gasteiger charge is 2.21. The number of hydrogen-bond donors (Lipinski definition) is 4. The monoisotopic (exact) mass is 347 g/mol. The number of anilines is 1. The van der Waals surface area contributed by atoms with E-state index >= 15 is 0 Å². The van der Waals surface area contributed by atoms with Gasteiger partial charge in [-0.1, -0.05) is 17.4 Å². The maximum absolute atomic E-state index is 11.9. The van der Waals surface area contributed by atoms with Crippen molar-refractivity contribution >= 4 is 22.5 Å². The van der Waals surface area contributed by atoms with Crippen molar-refractivity contribution in [3.63, 3.8) is 0 Å². The Labute approximate surface area is 144 Å². The van der Waals surface area contributed by atoms with Crippen molar-refractivity contribution in [3.8, 4) is 10.7 Å². The van der Waals surface area contributed by atoms with Gasteiger partial charge in [-0.3, -0.25) is 21.2 Å². The number of aromatic nitrogens is 3. The third kappa shape index (κ3) is 4.47. The first-order valence-corrected chi connectivity index (χ1v) is 8.82. The van der Waals surface area contributed by atoms with Crippen LogP contribution in [-0.2, 0) is 0 Å². The molecule has 4 N–H and O–H groups in total. The number of hydrogen-bond acceptors (Lipinski definition) is 7. The Morgan fingerprint density at radius 3 is 3.08 bits per heavy atom. The Morgan fingerprint density at radius 2 is 2.33 bits per heavy atom. The van der Waals surface area contributed by atoms with Crippen LogP contribution in [0.25, 0.3) is 10.7 Å². The minimum Gasteiger partial charge on any atom is -0.338 e. The lowest BCUT2D eigenvalue weighted by atomic mass is 9.98. The summed E-state index contributed by atoms with van der Waals surface area (Å²) in [5.41, 5.74) is 7.10. The van der Waals surface area contributed by atoms with Crippen LogP contribution >= 0.6 is 11.3 Å². The molecule has 2 aromatic heterocycles. The van der Waals surface area contributed by atoms with Gasteiger partial charge < -0.3 is 5.32 Å². The molecule has 1 saturated heterocycles. The molecule has 0 saturated carbocycles. The van der Waals surface area contributed by atoms with Gasteiger partial charge in [-0.25, -0.2) is 4.79 Å². The number of hydrazine groups is 1. The van der Waals surface area contributed by atoms with Crippen LogP contribution in [0.3, 0.4) is 0 Å². The molecule has 3 rings (SSSR count). The number of carbonyl (C=O) groups is 1. The maximum Gasteiger partial charge on any atom is 0.321 e. The van der Waals surface area contributed by atoms with Crippen molar-refractivity contribution in [1.29, 1.82) is 0 Å². The van der Waals surface area contributed by atoms with E-state index < -0.39 is 0 Å². The van der Waals surface area contributed by atoms with Crippen LogP contribution < -0.4 is 21.5 Å². The maximum atomic E-state index is 11.9. The largest absolute Gasteiger partial charge is 0.338 e. The summed E-state index contributed by atoms with van der Waals surface area (Å²) >= 11 is 1.30. The Morgan fingerprint density at radius 1 is 1.42 bits per heavy atom. The topological polar surface area (TPSA) is 104 Å². The van der Waals surface area contributed by atoms with Crippen molar-refractivity contribution in [3.05, 3.63) is 24.4 Å². The summed E-state index contributed by atoms with van der Waals surface area (Å²) in [7, 11) is 0. The Bertz CT molecular complexity index is 663. The van der Waals surface area contributed by atoms with E-state index in [1.54, 1.807) is 6.20 Å². The van der Waals surface area contributed by atoms with Gasteiger partial charge in [-0.15, -0.1) is 10.2 Å². The molecule has 0 radical (unpaired) electrons. The number of nitrogens with one attached hydrogen (secondary N) is 4. The molecule has 3 heterocycles. The van der Waals surface area contributed by atoms with Gasteiger partial charge in [0, 0.05) is 25.3 Å². The summed E-state index contributed by atoms with van der Waals surface area (Å²) < 4.78 is 0. The van der Waals surface area contributed by atoms with Gasteiger partial charge in [0.25, 0.3) is 0 Å². The molecule has 128 valence electrons. The quantitative estimate of drug-likeness (QED) is 0.592. The molecule has 2 atom stereocenters.